The van der Waals surface area contributed by atoms with Crippen molar-refractivity contribution >= 4 is 23.2 Å². The first kappa shape index (κ1) is 16.0. The van der Waals surface area contributed by atoms with Crippen LogP contribution in [0.5, 0.6) is 0 Å². The van der Waals surface area contributed by atoms with Crippen LogP contribution in [0.3, 0.4) is 0 Å². The molecule has 0 aliphatic rings. The topological polar surface area (TPSA) is 34.9 Å². The van der Waals surface area contributed by atoms with Gasteiger partial charge in [-0.2, -0.15) is 0 Å². The number of hydrogen-bond acceptors (Lipinski definition) is 2. The molecule has 0 atom stereocenters. The highest BCUT2D eigenvalue weighted by molar-refractivity contribution is 5.80. The van der Waals surface area contributed by atoms with E-state index in [1.807, 2.05) is 42.5 Å². The first-order valence-corrected chi connectivity index (χ1v) is 8.52. The van der Waals surface area contributed by atoms with Crippen LogP contribution >= 0.6 is 0 Å². The molecule has 4 rings (SSSR count). The smallest absolute Gasteiger partial charge is 0.265 e. The average Bonchev–Trinajstić information content (AvgIpc) is 2.68. The van der Waals surface area contributed by atoms with Crippen molar-refractivity contribution in [2.45, 2.75) is 6.92 Å². The van der Waals surface area contributed by atoms with Gasteiger partial charge in [0, 0.05) is 6.20 Å². The average molecular weight is 338 g/mol. The Kier molecular flexibility index (Phi) is 4.20. The zero-order valence-electron chi connectivity index (χ0n) is 14.5. The van der Waals surface area contributed by atoms with E-state index in [-0.39, 0.29) is 5.56 Å². The first-order chi connectivity index (χ1) is 12.7. The summed E-state index contributed by atoms with van der Waals surface area (Å²) in [5, 5.41) is 0.617. The van der Waals surface area contributed by atoms with Gasteiger partial charge in [0.15, 0.2) is 0 Å². The molecule has 3 aromatic carbocycles. The molecule has 1 aromatic heterocycles. The van der Waals surface area contributed by atoms with Crippen molar-refractivity contribution < 1.29 is 0 Å². The van der Waals surface area contributed by atoms with E-state index in [1.54, 1.807) is 18.6 Å². The van der Waals surface area contributed by atoms with E-state index in [4.69, 9.17) is 0 Å². The molecule has 0 saturated carbocycles. The molecule has 0 bridgehead atoms. The molecule has 0 spiro atoms. The van der Waals surface area contributed by atoms with Gasteiger partial charge in [-0.15, -0.1) is 0 Å². The highest BCUT2D eigenvalue weighted by Crippen LogP contribution is 2.25. The summed E-state index contributed by atoms with van der Waals surface area (Å²) in [4.78, 5) is 17.0. The fourth-order valence-corrected chi connectivity index (χ4v) is 3.07. The third-order valence-corrected chi connectivity index (χ3v) is 4.39. The van der Waals surface area contributed by atoms with Crippen molar-refractivity contribution in [2.24, 2.45) is 0 Å². The second kappa shape index (κ2) is 6.81. The van der Waals surface area contributed by atoms with Crippen molar-refractivity contribution in [2.75, 3.05) is 0 Å². The fourth-order valence-electron chi connectivity index (χ4n) is 3.07. The standard InChI is InChI=1S/C23H18N2O/c1-17-7-6-9-19(15-17)20-10-3-2-8-18(20)13-14-25-16-24-22-12-5-4-11-21(22)23(25)26/h2-16H,1H3. The van der Waals surface area contributed by atoms with Gasteiger partial charge in [0.1, 0.15) is 6.33 Å². The Labute approximate surface area is 151 Å². The maximum absolute atomic E-state index is 12.6. The van der Waals surface area contributed by atoms with Gasteiger partial charge in [-0.05, 0) is 41.8 Å². The molecule has 0 aliphatic heterocycles. The number of hydrogen-bond donors (Lipinski definition) is 0. The number of benzene rings is 3. The monoisotopic (exact) mass is 338 g/mol. The minimum absolute atomic E-state index is 0.0695. The SMILES string of the molecule is Cc1cccc(-c2ccccc2C=Cn2cnc3ccccc3c2=O)c1. The molecule has 1 heterocycles. The Bertz CT molecular complexity index is 1170. The lowest BCUT2D eigenvalue weighted by atomic mass is 9.98. The Morgan fingerprint density at radius 1 is 0.923 bits per heavy atom. The molecule has 126 valence electrons. The molecule has 0 saturated heterocycles. The molecule has 0 unspecified atom stereocenters. The normalized spacial score (nSPS) is 11.3. The van der Waals surface area contributed by atoms with Crippen LogP contribution in [0.2, 0.25) is 0 Å². The highest BCUT2D eigenvalue weighted by atomic mass is 16.1. The Hall–Kier alpha value is -3.46. The summed E-state index contributed by atoms with van der Waals surface area (Å²) in [6.07, 6.45) is 5.29. The maximum Gasteiger partial charge on any atom is 0.265 e. The van der Waals surface area contributed by atoms with Crippen LogP contribution in [0.15, 0.2) is 83.9 Å². The Balaban J connectivity index is 1.77. The molecule has 0 amide bonds. The lowest BCUT2D eigenvalue weighted by Gasteiger charge is -2.07. The minimum Gasteiger partial charge on any atom is -0.274 e. The van der Waals surface area contributed by atoms with Crippen LogP contribution in [0, 0.1) is 6.92 Å². The van der Waals surface area contributed by atoms with Gasteiger partial charge in [0.05, 0.1) is 10.9 Å². The third kappa shape index (κ3) is 3.07. The third-order valence-electron chi connectivity index (χ3n) is 4.39. The Morgan fingerprint density at radius 2 is 1.73 bits per heavy atom. The molecular weight excluding hydrogens is 320 g/mol. The van der Waals surface area contributed by atoms with Crippen LogP contribution in [-0.2, 0) is 0 Å². The number of aryl methyl sites for hydroxylation is 1. The van der Waals surface area contributed by atoms with Crippen molar-refractivity contribution in [1.82, 2.24) is 9.55 Å². The quantitative estimate of drug-likeness (QED) is 0.527. The van der Waals surface area contributed by atoms with E-state index in [2.05, 4.69) is 42.2 Å². The van der Waals surface area contributed by atoms with Gasteiger partial charge in [0.25, 0.3) is 5.56 Å². The van der Waals surface area contributed by atoms with Crippen molar-refractivity contribution in [1.29, 1.82) is 0 Å². The van der Waals surface area contributed by atoms with E-state index in [9.17, 15) is 4.79 Å². The summed E-state index contributed by atoms with van der Waals surface area (Å²) in [5.41, 5.74) is 5.21. The number of fused-ring (bicyclic) bond motifs is 1. The predicted molar refractivity (Wildman–Crippen MR) is 108 cm³/mol. The summed E-state index contributed by atoms with van der Waals surface area (Å²) < 4.78 is 1.52. The highest BCUT2D eigenvalue weighted by Gasteiger charge is 2.04. The van der Waals surface area contributed by atoms with Crippen LogP contribution in [-0.4, -0.2) is 9.55 Å². The number of aromatic nitrogens is 2. The van der Waals surface area contributed by atoms with Crippen molar-refractivity contribution in [3.8, 4) is 11.1 Å². The van der Waals surface area contributed by atoms with Gasteiger partial charge in [-0.1, -0.05) is 66.2 Å². The molecule has 0 radical (unpaired) electrons. The van der Waals surface area contributed by atoms with Crippen LogP contribution in [0.25, 0.3) is 34.3 Å². The van der Waals surface area contributed by atoms with Crippen LogP contribution in [0.4, 0.5) is 0 Å². The number of nitrogens with zero attached hydrogens (tertiary/aromatic N) is 2. The van der Waals surface area contributed by atoms with Gasteiger partial charge in [-0.25, -0.2) is 4.98 Å². The van der Waals surface area contributed by atoms with E-state index in [0.29, 0.717) is 10.9 Å². The summed E-state index contributed by atoms with van der Waals surface area (Å²) in [7, 11) is 0. The van der Waals surface area contributed by atoms with Gasteiger partial charge in [0.2, 0.25) is 0 Å². The first-order valence-electron chi connectivity index (χ1n) is 8.52. The minimum atomic E-state index is -0.0695. The number of para-hydroxylation sites is 1. The van der Waals surface area contributed by atoms with Crippen molar-refractivity contribution in [3.05, 3.63) is 101 Å². The second-order valence-corrected chi connectivity index (χ2v) is 6.25. The lowest BCUT2D eigenvalue weighted by Crippen LogP contribution is -2.15. The van der Waals surface area contributed by atoms with E-state index >= 15 is 0 Å². The molecular formula is C23H18N2O. The molecule has 0 N–H and O–H groups in total. The zero-order chi connectivity index (χ0) is 17.9. The van der Waals surface area contributed by atoms with E-state index in [0.717, 1.165) is 16.7 Å². The molecule has 26 heavy (non-hydrogen) atoms. The van der Waals surface area contributed by atoms with Gasteiger partial charge < -0.3 is 0 Å². The maximum atomic E-state index is 12.6. The van der Waals surface area contributed by atoms with E-state index in [1.165, 1.54) is 10.1 Å². The van der Waals surface area contributed by atoms with Crippen LogP contribution in [0.1, 0.15) is 11.1 Å². The van der Waals surface area contributed by atoms with Gasteiger partial charge in [-0.3, -0.25) is 9.36 Å². The van der Waals surface area contributed by atoms with E-state index < -0.39 is 0 Å². The number of rotatable bonds is 3. The summed E-state index contributed by atoms with van der Waals surface area (Å²) in [6.45, 7) is 2.09. The van der Waals surface area contributed by atoms with Crippen LogP contribution < -0.4 is 5.56 Å². The molecule has 4 aromatic rings. The molecule has 3 heteroatoms. The molecule has 0 aliphatic carbocycles. The predicted octanol–water partition coefficient (Wildman–Crippen LogP) is 5.00. The molecule has 3 nitrogen and oxygen atoms in total. The summed E-state index contributed by atoms with van der Waals surface area (Å²) >= 11 is 0. The van der Waals surface area contributed by atoms with Crippen molar-refractivity contribution in [3.63, 3.8) is 0 Å². The lowest BCUT2D eigenvalue weighted by molar-refractivity contribution is 1.03. The molecule has 0 fully saturated rings. The largest absolute Gasteiger partial charge is 0.274 e. The second-order valence-electron chi connectivity index (χ2n) is 6.25. The zero-order valence-corrected chi connectivity index (χ0v) is 14.5. The summed E-state index contributed by atoms with van der Waals surface area (Å²) in [5.74, 6) is 0. The summed E-state index contributed by atoms with van der Waals surface area (Å²) in [6, 6.07) is 24.0. The fraction of sp³-hybridized carbons (Fsp3) is 0.0435. The Morgan fingerprint density at radius 3 is 2.62 bits per heavy atom. The van der Waals surface area contributed by atoms with Gasteiger partial charge >= 0.3 is 0 Å².